The molecular formula is C46H72N8O9S. The predicted octanol–water partition coefficient (Wildman–Crippen LogP) is 4.51. The van der Waals surface area contributed by atoms with Gasteiger partial charge in [-0.05, 0) is 88.5 Å². The molecule has 0 aliphatic carbocycles. The summed E-state index contributed by atoms with van der Waals surface area (Å²) in [6.45, 7) is 15.9. The van der Waals surface area contributed by atoms with Crippen molar-refractivity contribution < 1.29 is 46.1 Å². The fourth-order valence-corrected chi connectivity index (χ4v) is 8.33. The minimum absolute atomic E-state index is 0.0239. The molecule has 5 amide bonds. The standard InChI is InChI=1S/C46H72N8O9S/c1-13-27(6)38(52-45(62)46(10)19-14-20-53(46)11)43(59)54(12)35(25(2)3)23-36(63-30(9)55)42-51-34(24-64-42)40(57)50-33(21-28(7)44(60)61)22-31-15-17-32(18-16-31)49-39(56)29(8)48-41(58)37(47)26(4)5/h15-18,24-29,33,35-38H,13-14,19-23,47H2,1-12H3,(H,48,58)(H,49,56)(H,50,57)(H,52,62)(H,60,61)/t27-,28-,29-,33+,35+,36+,37-,38-,46-/m0/s1/i10D,11D. The molecule has 1 saturated heterocycles. The zero-order chi connectivity index (χ0) is 49.6. The van der Waals surface area contributed by atoms with Crippen LogP contribution < -0.4 is 27.0 Å². The first-order chi connectivity index (χ1) is 31.0. The number of anilines is 1. The van der Waals surface area contributed by atoms with Crippen LogP contribution in [0.1, 0.15) is 131 Å². The van der Waals surface area contributed by atoms with Crippen LogP contribution in [0.5, 0.6) is 0 Å². The molecule has 0 bridgehead atoms. The number of carbonyl (C=O) groups is 7. The zero-order valence-corrected chi connectivity index (χ0v) is 39.9. The van der Waals surface area contributed by atoms with Gasteiger partial charge in [-0.3, -0.25) is 38.5 Å². The number of aromatic nitrogens is 1. The Hall–Kier alpha value is -4.94. The Kier molecular flexibility index (Phi) is 18.6. The lowest BCUT2D eigenvalue weighted by Crippen LogP contribution is -2.60. The molecule has 0 saturated carbocycles. The number of nitrogens with zero attached hydrogens (tertiary/aromatic N) is 3. The van der Waals surface area contributed by atoms with Gasteiger partial charge in [0.2, 0.25) is 23.6 Å². The summed E-state index contributed by atoms with van der Waals surface area (Å²) in [7, 11) is 1.51. The molecule has 1 aromatic heterocycles. The first-order valence-corrected chi connectivity index (χ1v) is 22.9. The number of hydrogen-bond donors (Lipinski definition) is 6. The van der Waals surface area contributed by atoms with Crippen LogP contribution in [0, 0.1) is 23.7 Å². The van der Waals surface area contributed by atoms with Gasteiger partial charge >= 0.3 is 11.9 Å². The number of aliphatic carboxylic acids is 1. The number of carbonyl (C=O) groups excluding carboxylic acids is 6. The molecule has 1 aliphatic rings. The van der Waals surface area contributed by atoms with E-state index in [2.05, 4.69) is 26.3 Å². The molecule has 2 heterocycles. The molecule has 64 heavy (non-hydrogen) atoms. The highest BCUT2D eigenvalue weighted by Crippen LogP contribution is 2.32. The van der Waals surface area contributed by atoms with Gasteiger partial charge in [-0.15, -0.1) is 11.3 Å². The van der Waals surface area contributed by atoms with Crippen molar-refractivity contribution in [2.75, 3.05) is 25.9 Å². The van der Waals surface area contributed by atoms with Crippen molar-refractivity contribution in [1.29, 1.82) is 0 Å². The summed E-state index contributed by atoms with van der Waals surface area (Å²) in [5, 5.41) is 22.8. The molecule has 0 unspecified atom stereocenters. The van der Waals surface area contributed by atoms with Gasteiger partial charge < -0.3 is 41.7 Å². The van der Waals surface area contributed by atoms with Gasteiger partial charge in [0.15, 0.2) is 6.10 Å². The summed E-state index contributed by atoms with van der Waals surface area (Å²) in [5.41, 5.74) is 5.94. The third kappa shape index (κ3) is 14.5. The van der Waals surface area contributed by atoms with E-state index in [1.165, 1.54) is 12.3 Å². The van der Waals surface area contributed by atoms with E-state index in [1.807, 2.05) is 41.5 Å². The van der Waals surface area contributed by atoms with Crippen molar-refractivity contribution in [2.45, 2.75) is 150 Å². The first-order valence-electron chi connectivity index (χ1n) is 23.4. The minimum Gasteiger partial charge on any atom is -0.481 e. The molecule has 0 radical (unpaired) electrons. The second kappa shape index (κ2) is 23.8. The molecule has 1 fully saturated rings. The van der Waals surface area contributed by atoms with E-state index in [0.717, 1.165) is 16.9 Å². The minimum atomic E-state index is -1.19. The number of thiazole rings is 1. The normalized spacial score (nSPS) is 19.5. The Morgan fingerprint density at radius 3 is 2.22 bits per heavy atom. The van der Waals surface area contributed by atoms with Crippen LogP contribution in [-0.4, -0.2) is 118 Å². The van der Waals surface area contributed by atoms with Gasteiger partial charge in [-0.25, -0.2) is 4.98 Å². The van der Waals surface area contributed by atoms with Crippen LogP contribution >= 0.6 is 11.3 Å². The van der Waals surface area contributed by atoms with Gasteiger partial charge in [0.05, 0.1) is 17.5 Å². The number of nitrogens with two attached hydrogens (primary N) is 1. The molecule has 356 valence electrons. The van der Waals surface area contributed by atoms with Crippen molar-refractivity contribution in [1.82, 2.24) is 30.7 Å². The van der Waals surface area contributed by atoms with E-state index in [0.29, 0.717) is 36.5 Å². The SMILES string of the molecule is [2H]CN1CCC[C@@]1(C[2H])C(=O)N[C@H](C(=O)N(C)[C@H](C[C@@H](OC(C)=O)c1nc(C(=O)N[C@@H](Cc2ccc(NC(=O)[C@H](C)NC(=O)[C@@H](N)C(C)C)cc2)C[C@H](C)C(=O)O)cs1)C(C)C)[C@@H](C)CC. The number of ether oxygens (including phenoxy) is 1. The van der Waals surface area contributed by atoms with Gasteiger partial charge in [-0.2, -0.15) is 0 Å². The number of likely N-dealkylation sites (N-methyl/N-ethyl adjacent to an activating group) is 2. The van der Waals surface area contributed by atoms with Crippen LogP contribution in [0.15, 0.2) is 29.6 Å². The third-order valence-electron chi connectivity index (χ3n) is 12.1. The largest absolute Gasteiger partial charge is 0.481 e. The van der Waals surface area contributed by atoms with Crippen molar-refractivity contribution in [3.8, 4) is 0 Å². The Morgan fingerprint density at radius 1 is 0.984 bits per heavy atom. The number of carboxylic acid groups (broad SMARTS) is 1. The van der Waals surface area contributed by atoms with Crippen molar-refractivity contribution in [3.05, 3.63) is 45.9 Å². The van der Waals surface area contributed by atoms with Crippen LogP contribution in [0.4, 0.5) is 5.69 Å². The van der Waals surface area contributed by atoms with E-state index in [1.54, 1.807) is 55.0 Å². The van der Waals surface area contributed by atoms with Crippen LogP contribution in [0.3, 0.4) is 0 Å². The van der Waals surface area contributed by atoms with E-state index >= 15 is 0 Å². The molecule has 3 rings (SSSR count). The highest BCUT2D eigenvalue weighted by atomic mass is 32.1. The predicted molar refractivity (Wildman–Crippen MR) is 246 cm³/mol. The summed E-state index contributed by atoms with van der Waals surface area (Å²) in [4.78, 5) is 99.4. The topological polar surface area (TPSA) is 242 Å². The molecule has 7 N–H and O–H groups in total. The third-order valence-corrected chi connectivity index (χ3v) is 13.0. The van der Waals surface area contributed by atoms with Gasteiger partial charge in [-0.1, -0.05) is 67.0 Å². The second-order valence-electron chi connectivity index (χ2n) is 17.9. The fourth-order valence-electron chi connectivity index (χ4n) is 7.49. The summed E-state index contributed by atoms with van der Waals surface area (Å²) >= 11 is 1.10. The van der Waals surface area contributed by atoms with E-state index in [-0.39, 0.29) is 62.5 Å². The second-order valence-corrected chi connectivity index (χ2v) is 18.8. The van der Waals surface area contributed by atoms with Gasteiger partial charge in [0.25, 0.3) is 5.91 Å². The van der Waals surface area contributed by atoms with Crippen LogP contribution in [0.2, 0.25) is 0 Å². The number of likely N-dealkylation sites (tertiary alicyclic amines) is 1. The molecule has 18 heteroatoms. The Morgan fingerprint density at radius 2 is 1.66 bits per heavy atom. The quantitative estimate of drug-likeness (QED) is 0.0844. The number of esters is 1. The Bertz CT molecular complexity index is 1990. The Balaban J connectivity index is 1.80. The molecular weight excluding hydrogens is 841 g/mol. The lowest BCUT2D eigenvalue weighted by molar-refractivity contribution is -0.149. The average molecular weight is 915 g/mol. The maximum Gasteiger partial charge on any atom is 0.306 e. The summed E-state index contributed by atoms with van der Waals surface area (Å²) in [6.07, 6.45) is 1.16. The molecule has 9 atom stereocenters. The summed E-state index contributed by atoms with van der Waals surface area (Å²) < 4.78 is 22.0. The summed E-state index contributed by atoms with van der Waals surface area (Å²) in [5.74, 6) is -5.23. The Labute approximate surface area is 385 Å². The zero-order valence-electron chi connectivity index (χ0n) is 41.1. The van der Waals surface area contributed by atoms with Crippen LogP contribution in [-0.2, 0) is 39.9 Å². The first kappa shape index (κ1) is 50.1. The molecule has 1 aromatic carbocycles. The average Bonchev–Trinajstić information content (AvgIpc) is 3.95. The van der Waals surface area contributed by atoms with E-state index in [9.17, 15) is 38.7 Å². The smallest absolute Gasteiger partial charge is 0.306 e. The van der Waals surface area contributed by atoms with Gasteiger partial charge in [0.1, 0.15) is 22.8 Å². The molecule has 2 aromatic rings. The maximum absolute atomic E-state index is 14.4. The number of benzene rings is 1. The van der Waals surface area contributed by atoms with Crippen molar-refractivity contribution >= 4 is 58.5 Å². The monoisotopic (exact) mass is 915 g/mol. The number of carboxylic acids is 1. The highest BCUT2D eigenvalue weighted by molar-refractivity contribution is 7.09. The molecule has 1 aliphatic heterocycles. The molecule has 0 spiro atoms. The fraction of sp³-hybridized carbons (Fsp3) is 0.652. The van der Waals surface area contributed by atoms with Crippen molar-refractivity contribution in [3.63, 3.8) is 0 Å². The molecule has 17 nitrogen and oxygen atoms in total. The summed E-state index contributed by atoms with van der Waals surface area (Å²) in [6, 6.07) is 3.11. The number of rotatable bonds is 23. The number of amides is 5. The maximum atomic E-state index is 14.4. The van der Waals surface area contributed by atoms with Crippen molar-refractivity contribution in [2.24, 2.45) is 29.4 Å². The number of hydrogen-bond acceptors (Lipinski definition) is 12. The van der Waals surface area contributed by atoms with Gasteiger partial charge in [0, 0.05) is 46.3 Å². The van der Waals surface area contributed by atoms with Crippen LogP contribution in [0.25, 0.3) is 0 Å². The number of nitrogens with one attached hydrogen (secondary N) is 4. The highest BCUT2D eigenvalue weighted by Gasteiger charge is 2.44. The lowest BCUT2D eigenvalue weighted by Gasteiger charge is -2.38. The van der Waals surface area contributed by atoms with E-state index < -0.39 is 83.3 Å². The van der Waals surface area contributed by atoms with E-state index in [4.69, 9.17) is 13.2 Å². The lowest BCUT2D eigenvalue weighted by atomic mass is 9.91.